The summed E-state index contributed by atoms with van der Waals surface area (Å²) in [5.74, 6) is -0.203. The number of nitrogens with one attached hydrogen (secondary N) is 1. The van der Waals surface area contributed by atoms with Crippen molar-refractivity contribution in [1.82, 2.24) is 10.3 Å². The van der Waals surface area contributed by atoms with E-state index in [1.165, 1.54) is 0 Å². The van der Waals surface area contributed by atoms with Crippen molar-refractivity contribution in [2.24, 2.45) is 0 Å². The molecule has 0 aliphatic heterocycles. The van der Waals surface area contributed by atoms with Gasteiger partial charge in [0.2, 0.25) is 5.88 Å². The number of benzene rings is 1. The van der Waals surface area contributed by atoms with Crippen molar-refractivity contribution in [2.45, 2.75) is 44.1 Å². The number of hydrogen-bond donors (Lipinski definition) is 1. The number of sulfone groups is 1. The molecule has 158 valence electrons. The second kappa shape index (κ2) is 8.47. The number of pyridine rings is 1. The van der Waals surface area contributed by atoms with E-state index >= 15 is 0 Å². The summed E-state index contributed by atoms with van der Waals surface area (Å²) < 4.78 is 35.5. The third-order valence-electron chi connectivity index (χ3n) is 5.18. The van der Waals surface area contributed by atoms with Crippen molar-refractivity contribution < 1.29 is 22.4 Å². The van der Waals surface area contributed by atoms with E-state index < -0.39 is 15.7 Å². The summed E-state index contributed by atoms with van der Waals surface area (Å²) in [4.78, 5) is 17.2. The molecule has 0 radical (unpaired) electrons. The molecule has 3 aromatic rings. The lowest BCUT2D eigenvalue weighted by molar-refractivity contribution is 0.0923. The van der Waals surface area contributed by atoms with E-state index in [4.69, 9.17) is 9.15 Å². The van der Waals surface area contributed by atoms with Gasteiger partial charge < -0.3 is 14.5 Å². The second-order valence-corrected chi connectivity index (χ2v) is 9.79. The van der Waals surface area contributed by atoms with E-state index in [0.717, 1.165) is 37.5 Å². The third kappa shape index (κ3) is 4.64. The van der Waals surface area contributed by atoms with Crippen molar-refractivity contribution in [3.63, 3.8) is 0 Å². The summed E-state index contributed by atoms with van der Waals surface area (Å²) in [5.41, 5.74) is 1.62. The van der Waals surface area contributed by atoms with Crippen LogP contribution < -0.4 is 10.1 Å². The van der Waals surface area contributed by atoms with Crippen LogP contribution in [0.1, 0.15) is 47.4 Å². The Balaban J connectivity index is 1.55. The Morgan fingerprint density at radius 2 is 1.97 bits per heavy atom. The van der Waals surface area contributed by atoms with Crippen LogP contribution in [0.4, 0.5) is 0 Å². The Labute approximate surface area is 175 Å². The lowest BCUT2D eigenvalue weighted by atomic mass is 10.1. The zero-order chi connectivity index (χ0) is 21.1. The number of carbonyl (C=O) groups excluding carboxylic acids is 1. The second-order valence-electron chi connectivity index (χ2n) is 7.65. The first-order valence-corrected chi connectivity index (χ1v) is 12.0. The van der Waals surface area contributed by atoms with Crippen LogP contribution in [0.3, 0.4) is 0 Å². The summed E-state index contributed by atoms with van der Waals surface area (Å²) in [6, 6.07) is 10.7. The predicted molar refractivity (Wildman–Crippen MR) is 113 cm³/mol. The largest absolute Gasteiger partial charge is 0.474 e. The number of furan rings is 1. The molecule has 1 aromatic carbocycles. The van der Waals surface area contributed by atoms with E-state index in [2.05, 4.69) is 10.3 Å². The number of ether oxygens (including phenoxy) is 1. The van der Waals surface area contributed by atoms with Gasteiger partial charge in [0.15, 0.2) is 15.6 Å². The van der Waals surface area contributed by atoms with Crippen molar-refractivity contribution in [3.8, 4) is 5.88 Å². The number of amides is 1. The monoisotopic (exact) mass is 428 g/mol. The number of para-hydroxylation sites is 1. The highest BCUT2D eigenvalue weighted by Crippen LogP contribution is 2.28. The van der Waals surface area contributed by atoms with Gasteiger partial charge in [-0.15, -0.1) is 0 Å². The highest BCUT2D eigenvalue weighted by Gasteiger charge is 2.24. The van der Waals surface area contributed by atoms with Gasteiger partial charge in [-0.2, -0.15) is 0 Å². The lowest BCUT2D eigenvalue weighted by Crippen LogP contribution is -2.24. The molecule has 0 spiro atoms. The van der Waals surface area contributed by atoms with Crippen LogP contribution in [0.15, 0.2) is 47.0 Å². The Bertz CT molecular complexity index is 1160. The van der Waals surface area contributed by atoms with Gasteiger partial charge in [-0.25, -0.2) is 13.4 Å². The maximum absolute atomic E-state index is 12.9. The fraction of sp³-hybridized carbons (Fsp3) is 0.364. The Kier molecular flexibility index (Phi) is 5.76. The average molecular weight is 429 g/mol. The molecular formula is C22H24N2O5S. The molecule has 7 nitrogen and oxygen atoms in total. The van der Waals surface area contributed by atoms with Crippen LogP contribution in [0.5, 0.6) is 5.88 Å². The zero-order valence-corrected chi connectivity index (χ0v) is 17.6. The van der Waals surface area contributed by atoms with E-state index in [1.807, 2.05) is 6.07 Å². The fourth-order valence-corrected chi connectivity index (χ4v) is 4.58. The van der Waals surface area contributed by atoms with E-state index in [1.54, 1.807) is 36.5 Å². The normalized spacial score (nSPS) is 14.8. The molecule has 0 atom stereocenters. The predicted octanol–water partition coefficient (Wildman–Crippen LogP) is 3.62. The molecule has 8 heteroatoms. The van der Waals surface area contributed by atoms with Gasteiger partial charge >= 0.3 is 0 Å². The molecule has 2 aromatic heterocycles. The molecule has 2 heterocycles. The summed E-state index contributed by atoms with van der Waals surface area (Å²) in [5, 5.41) is 3.44. The molecule has 1 amide bonds. The van der Waals surface area contributed by atoms with Crippen molar-refractivity contribution in [3.05, 3.63) is 59.5 Å². The van der Waals surface area contributed by atoms with Crippen LogP contribution in [-0.4, -0.2) is 31.7 Å². The minimum atomic E-state index is -3.35. The van der Waals surface area contributed by atoms with Crippen molar-refractivity contribution in [1.29, 1.82) is 0 Å². The summed E-state index contributed by atoms with van der Waals surface area (Å²) in [6.07, 6.45) is 7.29. The highest BCUT2D eigenvalue weighted by molar-refractivity contribution is 7.89. The lowest BCUT2D eigenvalue weighted by Gasteiger charge is -2.15. The Morgan fingerprint density at radius 1 is 1.20 bits per heavy atom. The quantitative estimate of drug-likeness (QED) is 0.617. The number of hydrogen-bond acceptors (Lipinski definition) is 6. The Morgan fingerprint density at radius 3 is 2.73 bits per heavy atom. The first-order valence-electron chi connectivity index (χ1n) is 9.97. The topological polar surface area (TPSA) is 98.5 Å². The maximum Gasteiger partial charge on any atom is 0.287 e. The van der Waals surface area contributed by atoms with Gasteiger partial charge in [0, 0.05) is 35.5 Å². The average Bonchev–Trinajstić information content (AvgIpc) is 3.34. The smallest absolute Gasteiger partial charge is 0.287 e. The van der Waals surface area contributed by atoms with Gasteiger partial charge in [-0.05, 0) is 37.8 Å². The summed E-state index contributed by atoms with van der Waals surface area (Å²) >= 11 is 0. The van der Waals surface area contributed by atoms with E-state index in [0.29, 0.717) is 22.4 Å². The molecule has 4 rings (SSSR count). The van der Waals surface area contributed by atoms with Crippen LogP contribution in [0, 0.1) is 0 Å². The SMILES string of the molecule is CS(=O)(=O)Cc1c(C(=O)NCc2cccnc2OC2CCCC2)oc2ccccc12. The Hall–Kier alpha value is -2.87. The number of carbonyl (C=O) groups is 1. The minimum Gasteiger partial charge on any atom is -0.474 e. The summed E-state index contributed by atoms with van der Waals surface area (Å²) in [6.45, 7) is 0.198. The molecule has 30 heavy (non-hydrogen) atoms. The van der Waals surface area contributed by atoms with Crippen molar-refractivity contribution in [2.75, 3.05) is 6.26 Å². The first kappa shape index (κ1) is 20.4. The van der Waals surface area contributed by atoms with Gasteiger partial charge in [0.05, 0.1) is 5.75 Å². The van der Waals surface area contributed by atoms with Crippen LogP contribution >= 0.6 is 0 Å². The van der Waals surface area contributed by atoms with E-state index in [9.17, 15) is 13.2 Å². The minimum absolute atomic E-state index is 0.0174. The molecule has 1 aliphatic rings. The molecule has 0 bridgehead atoms. The number of aromatic nitrogens is 1. The van der Waals surface area contributed by atoms with Gasteiger partial charge in [-0.3, -0.25) is 4.79 Å². The highest BCUT2D eigenvalue weighted by atomic mass is 32.2. The van der Waals surface area contributed by atoms with Gasteiger partial charge in [0.1, 0.15) is 11.7 Å². The molecule has 1 fully saturated rings. The third-order valence-corrected chi connectivity index (χ3v) is 5.99. The zero-order valence-electron chi connectivity index (χ0n) is 16.8. The van der Waals surface area contributed by atoms with Crippen LogP contribution in [0.2, 0.25) is 0 Å². The number of nitrogens with zero attached hydrogens (tertiary/aromatic N) is 1. The van der Waals surface area contributed by atoms with Crippen LogP contribution in [-0.2, 0) is 22.1 Å². The maximum atomic E-state index is 12.9. The van der Waals surface area contributed by atoms with Crippen molar-refractivity contribution >= 4 is 26.7 Å². The molecular weight excluding hydrogens is 404 g/mol. The number of rotatable bonds is 7. The molecule has 0 unspecified atom stereocenters. The molecule has 1 aliphatic carbocycles. The van der Waals surface area contributed by atoms with Gasteiger partial charge in [0.25, 0.3) is 5.91 Å². The summed E-state index contributed by atoms with van der Waals surface area (Å²) in [7, 11) is -3.35. The standard InChI is InChI=1S/C22H24N2O5S/c1-30(26,27)14-18-17-10-4-5-11-19(17)29-20(18)21(25)24-13-15-7-6-12-23-22(15)28-16-8-2-3-9-16/h4-7,10-12,16H,2-3,8-9,13-14H2,1H3,(H,24,25). The fourth-order valence-electron chi connectivity index (χ4n) is 3.77. The number of fused-ring (bicyclic) bond motifs is 1. The first-order chi connectivity index (χ1) is 14.4. The molecule has 0 saturated heterocycles. The van der Waals surface area contributed by atoms with E-state index in [-0.39, 0.29) is 24.2 Å². The molecule has 1 saturated carbocycles. The van der Waals surface area contributed by atoms with Gasteiger partial charge in [-0.1, -0.05) is 24.3 Å². The molecule has 1 N–H and O–H groups in total. The van der Waals surface area contributed by atoms with Crippen LogP contribution in [0.25, 0.3) is 11.0 Å².